The minimum absolute atomic E-state index is 0.0868. The van der Waals surface area contributed by atoms with Crippen LogP contribution in [0.1, 0.15) is 15.2 Å². The molecule has 1 aliphatic rings. The summed E-state index contributed by atoms with van der Waals surface area (Å²) in [5, 5.41) is 3.36. The van der Waals surface area contributed by atoms with Crippen molar-refractivity contribution in [3.63, 3.8) is 0 Å². The maximum absolute atomic E-state index is 12.1. The number of aromatic nitrogens is 1. The van der Waals surface area contributed by atoms with Crippen molar-refractivity contribution in [2.24, 2.45) is 0 Å². The zero-order chi connectivity index (χ0) is 17.1. The molecule has 1 N–H and O–H groups in total. The molecule has 0 atom stereocenters. The lowest BCUT2D eigenvalue weighted by atomic mass is 10.1. The van der Waals surface area contributed by atoms with Crippen molar-refractivity contribution in [1.29, 1.82) is 0 Å². The lowest BCUT2D eigenvalue weighted by Crippen LogP contribution is -2.17. The molecule has 2 heterocycles. The maximum Gasteiger partial charge on any atom is 0.349 e. The van der Waals surface area contributed by atoms with Crippen molar-refractivity contribution in [3.8, 4) is 11.5 Å². The molecule has 126 valence electrons. The number of fused-ring (bicyclic) bond motifs is 1. The van der Waals surface area contributed by atoms with Gasteiger partial charge >= 0.3 is 5.97 Å². The molecule has 24 heavy (non-hydrogen) atoms. The van der Waals surface area contributed by atoms with Gasteiger partial charge in [-0.1, -0.05) is 22.9 Å². The summed E-state index contributed by atoms with van der Waals surface area (Å²) in [7, 11) is 1.28. The standard InChI is InChI=1S/C15H13ClN2O5S/c1-21-14(20)11-7-17-15(24-11)18-12(19)6-8-4-9(16)13-10(5-8)22-2-3-23-13/h4-5,7H,2-3,6H2,1H3,(H,17,18,19). The first-order valence-corrected chi connectivity index (χ1v) is 8.18. The van der Waals surface area contributed by atoms with Crippen LogP contribution in [0.4, 0.5) is 5.13 Å². The van der Waals surface area contributed by atoms with Crippen molar-refractivity contribution in [1.82, 2.24) is 4.98 Å². The van der Waals surface area contributed by atoms with E-state index in [9.17, 15) is 9.59 Å². The molecular weight excluding hydrogens is 356 g/mol. The van der Waals surface area contributed by atoms with Gasteiger partial charge in [-0.05, 0) is 17.7 Å². The fourth-order valence-electron chi connectivity index (χ4n) is 2.14. The first kappa shape index (κ1) is 16.5. The Balaban J connectivity index is 1.68. The van der Waals surface area contributed by atoms with Crippen LogP contribution in [0.3, 0.4) is 0 Å². The Morgan fingerprint density at radius 3 is 2.96 bits per heavy atom. The van der Waals surface area contributed by atoms with Crippen LogP contribution in [0, 0.1) is 0 Å². The van der Waals surface area contributed by atoms with E-state index >= 15 is 0 Å². The lowest BCUT2D eigenvalue weighted by molar-refractivity contribution is -0.115. The van der Waals surface area contributed by atoms with E-state index in [1.54, 1.807) is 12.1 Å². The van der Waals surface area contributed by atoms with Crippen molar-refractivity contribution in [3.05, 3.63) is 33.8 Å². The second kappa shape index (κ2) is 7.06. The molecule has 0 fully saturated rings. The number of esters is 1. The van der Waals surface area contributed by atoms with E-state index in [1.165, 1.54) is 13.3 Å². The number of anilines is 1. The van der Waals surface area contributed by atoms with Crippen LogP contribution >= 0.6 is 22.9 Å². The number of carbonyl (C=O) groups excluding carboxylic acids is 2. The monoisotopic (exact) mass is 368 g/mol. The molecule has 1 aromatic carbocycles. The van der Waals surface area contributed by atoms with Crippen molar-refractivity contribution < 1.29 is 23.8 Å². The number of amides is 1. The van der Waals surface area contributed by atoms with Crippen LogP contribution in [0.2, 0.25) is 5.02 Å². The molecule has 1 aromatic heterocycles. The molecule has 0 radical (unpaired) electrons. The molecule has 9 heteroatoms. The summed E-state index contributed by atoms with van der Waals surface area (Å²) in [4.78, 5) is 27.8. The van der Waals surface area contributed by atoms with Gasteiger partial charge in [-0.2, -0.15) is 0 Å². The van der Waals surface area contributed by atoms with Gasteiger partial charge in [-0.25, -0.2) is 9.78 Å². The van der Waals surface area contributed by atoms with Crippen LogP contribution in [0.25, 0.3) is 0 Å². The highest BCUT2D eigenvalue weighted by Crippen LogP contribution is 2.38. The number of halogens is 1. The quantitative estimate of drug-likeness (QED) is 0.834. The van der Waals surface area contributed by atoms with Crippen LogP contribution in [-0.2, 0) is 16.0 Å². The molecule has 1 aliphatic heterocycles. The molecule has 0 unspecified atom stereocenters. The van der Waals surface area contributed by atoms with Gasteiger partial charge in [0, 0.05) is 0 Å². The van der Waals surface area contributed by atoms with Crippen LogP contribution in [0.15, 0.2) is 18.3 Å². The van der Waals surface area contributed by atoms with E-state index in [1.807, 2.05) is 0 Å². The van der Waals surface area contributed by atoms with Gasteiger partial charge in [0.2, 0.25) is 5.91 Å². The molecule has 3 rings (SSSR count). The molecule has 0 bridgehead atoms. The molecule has 0 saturated heterocycles. The summed E-state index contributed by atoms with van der Waals surface area (Å²) < 4.78 is 15.5. The second-order valence-electron chi connectivity index (χ2n) is 4.85. The number of ether oxygens (including phenoxy) is 3. The number of thiazole rings is 1. The van der Waals surface area contributed by atoms with E-state index in [4.69, 9.17) is 21.1 Å². The third-order valence-corrected chi connectivity index (χ3v) is 4.33. The SMILES string of the molecule is COC(=O)c1cnc(NC(=O)Cc2cc(Cl)c3c(c2)OCCO3)s1. The smallest absolute Gasteiger partial charge is 0.349 e. The molecule has 2 aromatic rings. The third kappa shape index (κ3) is 3.60. The zero-order valence-corrected chi connectivity index (χ0v) is 14.2. The largest absolute Gasteiger partial charge is 0.486 e. The van der Waals surface area contributed by atoms with Crippen LogP contribution < -0.4 is 14.8 Å². The van der Waals surface area contributed by atoms with E-state index < -0.39 is 5.97 Å². The van der Waals surface area contributed by atoms with E-state index in [0.29, 0.717) is 45.3 Å². The van der Waals surface area contributed by atoms with Crippen LogP contribution in [0.5, 0.6) is 11.5 Å². The number of hydrogen-bond acceptors (Lipinski definition) is 7. The second-order valence-corrected chi connectivity index (χ2v) is 6.29. The highest BCUT2D eigenvalue weighted by Gasteiger charge is 2.18. The van der Waals surface area contributed by atoms with E-state index in [0.717, 1.165) is 11.3 Å². The first-order valence-electron chi connectivity index (χ1n) is 6.99. The number of nitrogens with one attached hydrogen (secondary N) is 1. The summed E-state index contributed by atoms with van der Waals surface area (Å²) >= 11 is 7.19. The summed E-state index contributed by atoms with van der Waals surface area (Å²) in [6, 6.07) is 3.39. The molecule has 7 nitrogen and oxygen atoms in total. The Morgan fingerprint density at radius 2 is 2.17 bits per heavy atom. The Morgan fingerprint density at radius 1 is 1.38 bits per heavy atom. The first-order chi connectivity index (χ1) is 11.6. The molecule has 0 saturated carbocycles. The Kier molecular flexibility index (Phi) is 4.86. The van der Waals surface area contributed by atoms with Gasteiger partial charge in [0.05, 0.1) is 24.8 Å². The van der Waals surface area contributed by atoms with Crippen molar-refractivity contribution in [2.75, 3.05) is 25.6 Å². The highest BCUT2D eigenvalue weighted by atomic mass is 35.5. The Hall–Kier alpha value is -2.32. The number of rotatable bonds is 4. The molecule has 0 aliphatic carbocycles. The van der Waals surface area contributed by atoms with Gasteiger partial charge in [-0.15, -0.1) is 0 Å². The number of nitrogens with zero attached hydrogens (tertiary/aromatic N) is 1. The zero-order valence-electron chi connectivity index (χ0n) is 12.6. The lowest BCUT2D eigenvalue weighted by Gasteiger charge is -2.20. The van der Waals surface area contributed by atoms with Gasteiger partial charge < -0.3 is 19.5 Å². The minimum atomic E-state index is -0.494. The van der Waals surface area contributed by atoms with Gasteiger partial charge in [0.25, 0.3) is 0 Å². The predicted octanol–water partition coefficient (Wildman–Crippen LogP) is 2.54. The molecule has 0 spiro atoms. The highest BCUT2D eigenvalue weighted by molar-refractivity contribution is 7.17. The topological polar surface area (TPSA) is 86.8 Å². The number of hydrogen-bond donors (Lipinski definition) is 1. The summed E-state index contributed by atoms with van der Waals surface area (Å²) in [6.45, 7) is 0.882. The van der Waals surface area contributed by atoms with Crippen LogP contribution in [-0.4, -0.2) is 37.2 Å². The Labute approximate surface area is 146 Å². The fraction of sp³-hybridized carbons (Fsp3) is 0.267. The van der Waals surface area contributed by atoms with E-state index in [-0.39, 0.29) is 12.3 Å². The van der Waals surface area contributed by atoms with Gasteiger partial charge in [0.1, 0.15) is 18.1 Å². The average molecular weight is 369 g/mol. The molecule has 1 amide bonds. The summed E-state index contributed by atoms with van der Waals surface area (Å²) in [6.07, 6.45) is 1.44. The van der Waals surface area contributed by atoms with Crippen molar-refractivity contribution >= 4 is 39.9 Å². The normalized spacial score (nSPS) is 12.6. The fourth-order valence-corrected chi connectivity index (χ4v) is 3.18. The van der Waals surface area contributed by atoms with E-state index in [2.05, 4.69) is 15.0 Å². The van der Waals surface area contributed by atoms with Crippen molar-refractivity contribution in [2.45, 2.75) is 6.42 Å². The number of methoxy groups -OCH3 is 1. The number of benzene rings is 1. The van der Waals surface area contributed by atoms with Gasteiger partial charge in [-0.3, -0.25) is 4.79 Å². The van der Waals surface area contributed by atoms with Gasteiger partial charge in [0.15, 0.2) is 16.6 Å². The number of carbonyl (C=O) groups is 2. The molecular formula is C15H13ClN2O5S. The Bertz CT molecular complexity index is 792. The maximum atomic E-state index is 12.1. The summed E-state index contributed by atoms with van der Waals surface area (Å²) in [5.74, 6) is 0.244. The minimum Gasteiger partial charge on any atom is -0.486 e. The summed E-state index contributed by atoms with van der Waals surface area (Å²) in [5.41, 5.74) is 0.687. The third-order valence-electron chi connectivity index (χ3n) is 3.16. The predicted molar refractivity (Wildman–Crippen MR) is 88.2 cm³/mol. The average Bonchev–Trinajstić information content (AvgIpc) is 3.02.